The third-order valence-corrected chi connectivity index (χ3v) is 3.83. The van der Waals surface area contributed by atoms with Crippen molar-refractivity contribution in [2.75, 3.05) is 12.3 Å². The predicted molar refractivity (Wildman–Crippen MR) is 73.7 cm³/mol. The normalized spacial score (nSPS) is 30.5. The van der Waals surface area contributed by atoms with Gasteiger partial charge in [-0.25, -0.2) is 19.5 Å². The minimum absolute atomic E-state index is 0.0892. The quantitative estimate of drug-likeness (QED) is 0.390. The molecule has 1 saturated heterocycles. The third-order valence-electron chi connectivity index (χ3n) is 3.32. The Morgan fingerprint density at radius 2 is 2.22 bits per heavy atom. The van der Waals surface area contributed by atoms with E-state index in [4.69, 9.17) is 21.6 Å². The predicted octanol–water partition coefficient (Wildman–Crippen LogP) is -1.86. The summed E-state index contributed by atoms with van der Waals surface area (Å²) < 4.78 is 29.5. The highest BCUT2D eigenvalue weighted by atomic mass is 31.2. The number of nitrogen functional groups attached to an aromatic ring is 1. The van der Waals surface area contributed by atoms with Crippen molar-refractivity contribution >= 4 is 24.8 Å². The number of hydrogen-bond donors (Lipinski definition) is 5. The molecule has 0 aromatic carbocycles. The Labute approximate surface area is 130 Å². The Morgan fingerprint density at radius 3 is 2.87 bits per heavy atom. The van der Waals surface area contributed by atoms with Gasteiger partial charge in [-0.15, -0.1) is 0 Å². The lowest BCUT2D eigenvalue weighted by Gasteiger charge is -2.19. The maximum absolute atomic E-state index is 11.1. The van der Waals surface area contributed by atoms with Gasteiger partial charge in [-0.2, -0.15) is 0 Å². The van der Waals surface area contributed by atoms with Gasteiger partial charge < -0.3 is 30.5 Å². The second kappa shape index (κ2) is 5.76. The van der Waals surface area contributed by atoms with Gasteiger partial charge in [-0.3, -0.25) is 9.09 Å². The maximum atomic E-state index is 11.1. The number of fused-ring (bicyclic) bond motifs is 1. The van der Waals surface area contributed by atoms with E-state index in [-0.39, 0.29) is 17.0 Å². The summed E-state index contributed by atoms with van der Waals surface area (Å²) in [7, 11) is -4.99. The summed E-state index contributed by atoms with van der Waals surface area (Å²) >= 11 is 0. The lowest BCUT2D eigenvalue weighted by molar-refractivity contribution is -0.0509. The summed E-state index contributed by atoms with van der Waals surface area (Å²) in [5.74, 6) is 0.0892. The van der Waals surface area contributed by atoms with Gasteiger partial charge in [-0.1, -0.05) is 0 Å². The lowest BCUT2D eigenvalue weighted by atomic mass is 10.1. The van der Waals surface area contributed by atoms with Crippen molar-refractivity contribution in [1.82, 2.24) is 19.5 Å². The number of ether oxygens (including phenoxy) is 1. The summed E-state index contributed by atoms with van der Waals surface area (Å²) in [6.07, 6.45) is -3.62. The smallest absolute Gasteiger partial charge is 0.394 e. The molecule has 1 aliphatic heterocycles. The van der Waals surface area contributed by atoms with Crippen LogP contribution in [0.5, 0.6) is 0 Å². The number of aliphatic hydroxyl groups excluding tert-OH is 2. The minimum atomic E-state index is -4.99. The van der Waals surface area contributed by atoms with Crippen LogP contribution in [-0.2, 0) is 13.8 Å². The molecule has 0 radical (unpaired) electrons. The van der Waals surface area contributed by atoms with Crippen LogP contribution in [0.3, 0.4) is 0 Å². The summed E-state index contributed by atoms with van der Waals surface area (Å²) in [6, 6.07) is 0. The van der Waals surface area contributed by atoms with Gasteiger partial charge in [0.05, 0.1) is 14.3 Å². The van der Waals surface area contributed by atoms with Crippen molar-refractivity contribution in [2.45, 2.75) is 24.5 Å². The molecule has 12 nitrogen and oxygen atoms in total. The first-order chi connectivity index (χ1) is 11.2. The Bertz CT molecular complexity index is 797. The van der Waals surface area contributed by atoms with Crippen molar-refractivity contribution in [1.29, 1.82) is 0 Å². The summed E-state index contributed by atoms with van der Waals surface area (Å²) in [5.41, 5.74) is 6.09. The monoisotopic (exact) mass is 348 g/mol. The molecule has 1 aliphatic rings. The van der Waals surface area contributed by atoms with Gasteiger partial charge >= 0.3 is 7.82 Å². The molecule has 23 heavy (non-hydrogen) atoms. The molecule has 1 fully saturated rings. The number of anilines is 1. The van der Waals surface area contributed by atoms with E-state index in [9.17, 15) is 14.8 Å². The molecule has 0 spiro atoms. The Morgan fingerprint density at radius 1 is 1.48 bits per heavy atom. The molecule has 13 heteroatoms. The van der Waals surface area contributed by atoms with Crippen molar-refractivity contribution in [3.8, 4) is 0 Å². The Hall–Kier alpha value is -1.66. The number of phosphoric acid groups is 1. The molecule has 2 aromatic heterocycles. The van der Waals surface area contributed by atoms with E-state index in [1.54, 1.807) is 0 Å². The van der Waals surface area contributed by atoms with Gasteiger partial charge in [0.15, 0.2) is 17.7 Å². The van der Waals surface area contributed by atoms with E-state index in [1.165, 1.54) is 10.9 Å². The van der Waals surface area contributed by atoms with Crippen LogP contribution >= 0.6 is 7.82 Å². The summed E-state index contributed by atoms with van der Waals surface area (Å²) in [4.78, 5) is 29.6. The number of aromatic nitrogens is 4. The minimum Gasteiger partial charge on any atom is -0.394 e. The average molecular weight is 348 g/mol. The van der Waals surface area contributed by atoms with E-state index in [2.05, 4.69) is 19.5 Å². The average Bonchev–Trinajstić information content (AvgIpc) is 3.01. The molecule has 6 N–H and O–H groups in total. The molecular formula is C10H14N5O7P. The molecular weight excluding hydrogens is 333 g/mol. The van der Waals surface area contributed by atoms with E-state index in [0.29, 0.717) is 0 Å². The van der Waals surface area contributed by atoms with E-state index < -0.39 is 38.9 Å². The second-order valence-electron chi connectivity index (χ2n) is 4.77. The van der Waals surface area contributed by atoms with Crippen LogP contribution in [0.25, 0.3) is 11.2 Å². The zero-order valence-corrected chi connectivity index (χ0v) is 12.3. The third kappa shape index (κ3) is 2.93. The highest BCUT2D eigenvalue weighted by Crippen LogP contribution is 2.44. The fourth-order valence-corrected chi connectivity index (χ4v) is 2.92. The van der Waals surface area contributed by atoms with Crippen molar-refractivity contribution in [2.24, 2.45) is 0 Å². The van der Waals surface area contributed by atoms with Gasteiger partial charge in [0.2, 0.25) is 0 Å². The van der Waals surface area contributed by atoms with Crippen LogP contribution in [0.2, 0.25) is 0 Å². The molecule has 5 atom stereocenters. The fourth-order valence-electron chi connectivity index (χ4n) is 2.36. The van der Waals surface area contributed by atoms with Gasteiger partial charge in [0.1, 0.15) is 30.2 Å². The van der Waals surface area contributed by atoms with Gasteiger partial charge in [0.25, 0.3) is 0 Å². The van der Waals surface area contributed by atoms with Crippen LogP contribution in [-0.4, -0.2) is 64.4 Å². The van der Waals surface area contributed by atoms with E-state index >= 15 is 0 Å². The Balaban J connectivity index is 1.99. The molecule has 3 rings (SSSR count). The fraction of sp³-hybridized carbons (Fsp3) is 0.500. The van der Waals surface area contributed by atoms with E-state index in [1.807, 2.05) is 0 Å². The van der Waals surface area contributed by atoms with Crippen LogP contribution in [0.1, 0.15) is 7.60 Å². The van der Waals surface area contributed by atoms with Gasteiger partial charge in [0, 0.05) is 0 Å². The topological polar surface area (TPSA) is 186 Å². The standard InChI is InChI=1S/C10H14N5O7P/c11-8-5-9(13-2-12-8)15(3-14-5)10-6(17)7(4(1-16)21-10)22-23(18,19)20/h2-4,6-7,10,16-17H,1H2,(H2,11,12,13)(H2,18,19,20)/t4-,6-,7-,10-/m1/s1/i1D/t1?,4-,6-,7-,10-. The summed E-state index contributed by atoms with van der Waals surface area (Å²) in [6.45, 7) is -1.91. The zero-order valence-electron chi connectivity index (χ0n) is 12.4. The molecule has 0 saturated carbocycles. The molecule has 1 unspecified atom stereocenters. The number of imidazole rings is 1. The number of aliphatic hydroxyl groups is 2. The first-order valence-corrected chi connectivity index (χ1v) is 7.83. The van der Waals surface area contributed by atoms with Gasteiger partial charge in [-0.05, 0) is 0 Å². The molecule has 3 heterocycles. The molecule has 0 amide bonds. The summed E-state index contributed by atoms with van der Waals surface area (Å²) in [5, 5.41) is 19.8. The van der Waals surface area contributed by atoms with Crippen LogP contribution in [0.15, 0.2) is 12.7 Å². The van der Waals surface area contributed by atoms with Crippen LogP contribution < -0.4 is 5.73 Å². The first-order valence-electron chi connectivity index (χ1n) is 6.87. The number of rotatable bonds is 4. The number of nitrogens with two attached hydrogens (primary N) is 1. The number of hydrogen-bond acceptors (Lipinski definition) is 9. The second-order valence-corrected chi connectivity index (χ2v) is 5.97. The van der Waals surface area contributed by atoms with Crippen LogP contribution in [0.4, 0.5) is 5.82 Å². The zero-order chi connectivity index (χ0) is 17.6. The van der Waals surface area contributed by atoms with Crippen molar-refractivity contribution in [3.63, 3.8) is 0 Å². The van der Waals surface area contributed by atoms with Crippen molar-refractivity contribution < 1.29 is 35.2 Å². The van der Waals surface area contributed by atoms with Crippen LogP contribution in [0, 0.1) is 0 Å². The Kier molecular flexibility index (Phi) is 3.73. The molecule has 0 bridgehead atoms. The lowest BCUT2D eigenvalue weighted by Crippen LogP contribution is -2.35. The molecule has 0 aliphatic carbocycles. The largest absolute Gasteiger partial charge is 0.470 e. The van der Waals surface area contributed by atoms with Crippen molar-refractivity contribution in [3.05, 3.63) is 12.7 Å². The highest BCUT2D eigenvalue weighted by Gasteiger charge is 2.48. The molecule has 126 valence electrons. The van der Waals surface area contributed by atoms with E-state index in [0.717, 1.165) is 6.33 Å². The molecule has 2 aromatic rings. The number of phosphoric ester groups is 1. The SMILES string of the molecule is [2H]C(O)[C@H]1O[C@@H](n2cnc3c(N)ncnc32)[C@H](O)[C@@H]1OP(=O)(O)O. The number of nitrogens with zero attached hydrogens (tertiary/aromatic N) is 4. The highest BCUT2D eigenvalue weighted by molar-refractivity contribution is 7.46. The first kappa shape index (κ1) is 14.9. The maximum Gasteiger partial charge on any atom is 0.470 e.